The summed E-state index contributed by atoms with van der Waals surface area (Å²) >= 11 is 12.0. The van der Waals surface area contributed by atoms with Gasteiger partial charge in [0.15, 0.2) is 5.76 Å². The SMILES string of the molecule is Cc1ccnc(NC(=O)c2ccc(-c3ccc(Cl)cc3Cl)o2)c1. The largest absolute Gasteiger partial charge is 0.451 e. The van der Waals surface area contributed by atoms with E-state index in [2.05, 4.69) is 10.3 Å². The number of aryl methyl sites for hydroxylation is 1. The van der Waals surface area contributed by atoms with Crippen LogP contribution in [-0.2, 0) is 0 Å². The van der Waals surface area contributed by atoms with E-state index in [4.69, 9.17) is 27.6 Å². The average Bonchev–Trinajstić information content (AvgIpc) is 2.97. The molecule has 1 aromatic carbocycles. The predicted octanol–water partition coefficient (Wildman–Crippen LogP) is 5.21. The van der Waals surface area contributed by atoms with Gasteiger partial charge in [-0.2, -0.15) is 0 Å². The number of carbonyl (C=O) groups excluding carboxylic acids is 1. The minimum atomic E-state index is -0.376. The van der Waals surface area contributed by atoms with Crippen molar-refractivity contribution >= 4 is 34.9 Å². The number of anilines is 1. The van der Waals surface area contributed by atoms with E-state index in [0.29, 0.717) is 27.2 Å². The molecule has 0 spiro atoms. The highest BCUT2D eigenvalue weighted by molar-refractivity contribution is 6.36. The minimum Gasteiger partial charge on any atom is -0.451 e. The van der Waals surface area contributed by atoms with Crippen LogP contribution in [-0.4, -0.2) is 10.9 Å². The first-order valence-corrected chi connectivity index (χ1v) is 7.58. The van der Waals surface area contributed by atoms with Crippen LogP contribution in [0.25, 0.3) is 11.3 Å². The first-order valence-electron chi connectivity index (χ1n) is 6.82. The second-order valence-corrected chi connectivity index (χ2v) is 5.80. The average molecular weight is 347 g/mol. The number of nitrogens with one attached hydrogen (secondary N) is 1. The number of benzene rings is 1. The Morgan fingerprint density at radius 2 is 1.96 bits per heavy atom. The molecule has 4 nitrogen and oxygen atoms in total. The fourth-order valence-electron chi connectivity index (χ4n) is 2.08. The summed E-state index contributed by atoms with van der Waals surface area (Å²) in [6, 6.07) is 12.0. The molecule has 0 fully saturated rings. The van der Waals surface area contributed by atoms with Crippen molar-refractivity contribution in [3.8, 4) is 11.3 Å². The quantitative estimate of drug-likeness (QED) is 0.708. The molecule has 0 atom stereocenters. The Hall–Kier alpha value is -2.30. The smallest absolute Gasteiger partial charge is 0.292 e. The second-order valence-electron chi connectivity index (χ2n) is 4.96. The van der Waals surface area contributed by atoms with Crippen LogP contribution in [0.15, 0.2) is 53.1 Å². The molecular weight excluding hydrogens is 335 g/mol. The number of hydrogen-bond donors (Lipinski definition) is 1. The Morgan fingerprint density at radius 1 is 1.13 bits per heavy atom. The zero-order valence-corrected chi connectivity index (χ0v) is 13.7. The molecule has 0 aliphatic heterocycles. The lowest BCUT2D eigenvalue weighted by Gasteiger charge is -2.03. The number of halogens is 2. The molecule has 0 saturated carbocycles. The van der Waals surface area contributed by atoms with Gasteiger partial charge >= 0.3 is 0 Å². The molecule has 0 unspecified atom stereocenters. The van der Waals surface area contributed by atoms with Crippen molar-refractivity contribution in [1.29, 1.82) is 0 Å². The van der Waals surface area contributed by atoms with Gasteiger partial charge in [0.25, 0.3) is 5.91 Å². The maximum Gasteiger partial charge on any atom is 0.292 e. The van der Waals surface area contributed by atoms with E-state index in [-0.39, 0.29) is 11.7 Å². The third kappa shape index (κ3) is 3.55. The lowest BCUT2D eigenvalue weighted by Crippen LogP contribution is -2.11. The standard InChI is InChI=1S/C17H12Cl2N2O2/c1-10-6-7-20-16(8-10)21-17(22)15-5-4-14(23-15)12-3-2-11(18)9-13(12)19/h2-9H,1H3,(H,20,21,22). The number of pyridine rings is 1. The van der Waals surface area contributed by atoms with Gasteiger partial charge in [0.05, 0.1) is 5.02 Å². The summed E-state index contributed by atoms with van der Waals surface area (Å²) in [7, 11) is 0. The van der Waals surface area contributed by atoms with Crippen molar-refractivity contribution in [2.24, 2.45) is 0 Å². The summed E-state index contributed by atoms with van der Waals surface area (Å²) in [4.78, 5) is 16.3. The maximum absolute atomic E-state index is 12.2. The first-order chi connectivity index (χ1) is 11.0. The van der Waals surface area contributed by atoms with Crippen LogP contribution in [0.3, 0.4) is 0 Å². The number of furan rings is 1. The van der Waals surface area contributed by atoms with Crippen LogP contribution < -0.4 is 5.32 Å². The van der Waals surface area contributed by atoms with E-state index in [1.807, 2.05) is 13.0 Å². The molecule has 2 aromatic heterocycles. The van der Waals surface area contributed by atoms with Gasteiger partial charge in [-0.1, -0.05) is 23.2 Å². The highest BCUT2D eigenvalue weighted by Crippen LogP contribution is 2.31. The lowest BCUT2D eigenvalue weighted by molar-refractivity contribution is 0.0997. The molecule has 23 heavy (non-hydrogen) atoms. The van der Waals surface area contributed by atoms with Gasteiger partial charge in [0, 0.05) is 16.8 Å². The van der Waals surface area contributed by atoms with E-state index in [9.17, 15) is 4.79 Å². The van der Waals surface area contributed by atoms with Gasteiger partial charge in [-0.25, -0.2) is 4.98 Å². The minimum absolute atomic E-state index is 0.175. The summed E-state index contributed by atoms with van der Waals surface area (Å²) in [6.07, 6.45) is 1.63. The Kier molecular flexibility index (Phi) is 4.37. The van der Waals surface area contributed by atoms with E-state index < -0.39 is 0 Å². The Morgan fingerprint density at radius 3 is 2.70 bits per heavy atom. The molecule has 0 aliphatic carbocycles. The normalized spacial score (nSPS) is 10.6. The van der Waals surface area contributed by atoms with Crippen molar-refractivity contribution in [2.75, 3.05) is 5.32 Å². The summed E-state index contributed by atoms with van der Waals surface area (Å²) in [5.41, 5.74) is 1.67. The van der Waals surface area contributed by atoms with Crippen molar-refractivity contribution < 1.29 is 9.21 Å². The summed E-state index contributed by atoms with van der Waals surface area (Å²) in [5, 5.41) is 3.68. The maximum atomic E-state index is 12.2. The van der Waals surface area contributed by atoms with Gasteiger partial charge in [-0.3, -0.25) is 4.79 Å². The number of rotatable bonds is 3. The molecule has 0 radical (unpaired) electrons. The second kappa shape index (κ2) is 6.44. The Bertz CT molecular complexity index is 875. The number of aromatic nitrogens is 1. The van der Waals surface area contributed by atoms with Crippen molar-refractivity contribution in [2.45, 2.75) is 6.92 Å². The number of hydrogen-bond acceptors (Lipinski definition) is 3. The Balaban J connectivity index is 1.82. The number of carbonyl (C=O) groups is 1. The predicted molar refractivity (Wildman–Crippen MR) is 91.1 cm³/mol. The molecular formula is C17H12Cl2N2O2. The molecule has 3 aromatic rings. The topological polar surface area (TPSA) is 55.1 Å². The van der Waals surface area contributed by atoms with Crippen LogP contribution in [0, 0.1) is 6.92 Å². The van der Waals surface area contributed by atoms with Crippen LogP contribution in [0.4, 0.5) is 5.82 Å². The van der Waals surface area contributed by atoms with Gasteiger partial charge in [-0.15, -0.1) is 0 Å². The first kappa shape index (κ1) is 15.6. The van der Waals surface area contributed by atoms with Crippen molar-refractivity contribution in [3.05, 3.63) is 70.0 Å². The van der Waals surface area contributed by atoms with Gasteiger partial charge in [0.2, 0.25) is 0 Å². The number of amides is 1. The van der Waals surface area contributed by atoms with Crippen LogP contribution in [0.1, 0.15) is 16.1 Å². The van der Waals surface area contributed by atoms with Crippen LogP contribution >= 0.6 is 23.2 Å². The molecule has 1 N–H and O–H groups in total. The fraction of sp³-hybridized carbons (Fsp3) is 0.0588. The van der Waals surface area contributed by atoms with Crippen molar-refractivity contribution in [3.63, 3.8) is 0 Å². The molecule has 0 saturated heterocycles. The molecule has 3 rings (SSSR count). The van der Waals surface area contributed by atoms with E-state index in [0.717, 1.165) is 5.56 Å². The number of nitrogens with zero attached hydrogens (tertiary/aromatic N) is 1. The van der Waals surface area contributed by atoms with Crippen LogP contribution in [0.5, 0.6) is 0 Å². The molecule has 1 amide bonds. The summed E-state index contributed by atoms with van der Waals surface area (Å²) in [6.45, 7) is 1.92. The monoisotopic (exact) mass is 346 g/mol. The summed E-state index contributed by atoms with van der Waals surface area (Å²) < 4.78 is 5.59. The fourth-order valence-corrected chi connectivity index (χ4v) is 2.58. The van der Waals surface area contributed by atoms with E-state index in [1.165, 1.54) is 0 Å². The summed E-state index contributed by atoms with van der Waals surface area (Å²) in [5.74, 6) is 0.764. The van der Waals surface area contributed by atoms with E-state index >= 15 is 0 Å². The van der Waals surface area contributed by atoms with Gasteiger partial charge in [-0.05, 0) is 55.0 Å². The highest BCUT2D eigenvalue weighted by Gasteiger charge is 2.14. The zero-order chi connectivity index (χ0) is 16.4. The van der Waals surface area contributed by atoms with E-state index in [1.54, 1.807) is 42.6 Å². The molecule has 116 valence electrons. The zero-order valence-electron chi connectivity index (χ0n) is 12.1. The Labute approximate surface area is 143 Å². The third-order valence-electron chi connectivity index (χ3n) is 3.18. The lowest BCUT2D eigenvalue weighted by atomic mass is 10.2. The highest BCUT2D eigenvalue weighted by atomic mass is 35.5. The molecule has 2 heterocycles. The van der Waals surface area contributed by atoms with Gasteiger partial charge in [0.1, 0.15) is 11.6 Å². The van der Waals surface area contributed by atoms with Crippen molar-refractivity contribution in [1.82, 2.24) is 4.98 Å². The molecule has 6 heteroatoms. The third-order valence-corrected chi connectivity index (χ3v) is 3.73. The molecule has 0 aliphatic rings. The van der Waals surface area contributed by atoms with Crippen LogP contribution in [0.2, 0.25) is 10.0 Å². The van der Waals surface area contributed by atoms with Gasteiger partial charge < -0.3 is 9.73 Å². The molecule has 0 bridgehead atoms.